The van der Waals surface area contributed by atoms with Crippen LogP contribution in [0.4, 0.5) is 0 Å². The SMILES string of the molecule is CC(C)(C)C1=NC2C=CC=NC2=N1. The van der Waals surface area contributed by atoms with Crippen LogP contribution in [0, 0.1) is 5.41 Å². The van der Waals surface area contributed by atoms with Crippen LogP contribution in [0.3, 0.4) is 0 Å². The Morgan fingerprint density at radius 2 is 2.08 bits per heavy atom. The molecule has 0 aromatic carbocycles. The van der Waals surface area contributed by atoms with Gasteiger partial charge in [0.25, 0.3) is 0 Å². The highest BCUT2D eigenvalue weighted by atomic mass is 15.1. The molecule has 3 heteroatoms. The fraction of sp³-hybridized carbons (Fsp3) is 0.500. The van der Waals surface area contributed by atoms with Crippen LogP contribution in [0.1, 0.15) is 20.8 Å². The summed E-state index contributed by atoms with van der Waals surface area (Å²) < 4.78 is 0. The van der Waals surface area contributed by atoms with Gasteiger partial charge in [-0.15, -0.1) is 0 Å². The Balaban J connectivity index is 2.33. The van der Waals surface area contributed by atoms with Crippen LogP contribution in [0.5, 0.6) is 0 Å². The Bertz CT molecular complexity index is 340. The number of fused-ring (bicyclic) bond motifs is 1. The highest BCUT2D eigenvalue weighted by Gasteiger charge is 2.28. The maximum Gasteiger partial charge on any atom is 0.158 e. The number of nitrogens with zero attached hydrogens (tertiary/aromatic N) is 3. The summed E-state index contributed by atoms with van der Waals surface area (Å²) in [6.07, 6.45) is 5.69. The van der Waals surface area contributed by atoms with Crippen molar-refractivity contribution in [3.63, 3.8) is 0 Å². The van der Waals surface area contributed by atoms with E-state index in [1.165, 1.54) is 0 Å². The lowest BCUT2D eigenvalue weighted by Crippen LogP contribution is -2.16. The first-order valence-corrected chi connectivity index (χ1v) is 4.45. The number of hydrogen-bond donors (Lipinski definition) is 0. The Kier molecular flexibility index (Phi) is 1.68. The molecule has 2 aliphatic rings. The number of dihydropyridines is 1. The van der Waals surface area contributed by atoms with Crippen molar-refractivity contribution in [2.24, 2.45) is 20.4 Å². The molecule has 0 aromatic rings. The zero-order valence-electron chi connectivity index (χ0n) is 8.15. The van der Waals surface area contributed by atoms with Gasteiger partial charge in [-0.3, -0.25) is 4.99 Å². The summed E-state index contributed by atoms with van der Waals surface area (Å²) >= 11 is 0. The second kappa shape index (κ2) is 2.62. The summed E-state index contributed by atoms with van der Waals surface area (Å²) in [5.74, 6) is 1.73. The summed E-state index contributed by atoms with van der Waals surface area (Å²) in [6, 6.07) is 0.0687. The van der Waals surface area contributed by atoms with E-state index in [1.807, 2.05) is 12.2 Å². The van der Waals surface area contributed by atoms with E-state index in [4.69, 9.17) is 0 Å². The first kappa shape index (κ1) is 8.35. The lowest BCUT2D eigenvalue weighted by molar-refractivity contribution is 0.585. The van der Waals surface area contributed by atoms with E-state index in [-0.39, 0.29) is 11.5 Å². The van der Waals surface area contributed by atoms with Crippen molar-refractivity contribution in [1.82, 2.24) is 0 Å². The summed E-state index contributed by atoms with van der Waals surface area (Å²) in [5.41, 5.74) is 0.0215. The molecule has 1 unspecified atom stereocenters. The van der Waals surface area contributed by atoms with Crippen LogP contribution in [-0.4, -0.2) is 23.9 Å². The number of hydrogen-bond acceptors (Lipinski definition) is 3. The number of rotatable bonds is 0. The Morgan fingerprint density at radius 3 is 2.69 bits per heavy atom. The number of amidine groups is 2. The van der Waals surface area contributed by atoms with E-state index < -0.39 is 0 Å². The Labute approximate surface area is 78.0 Å². The van der Waals surface area contributed by atoms with Crippen molar-refractivity contribution >= 4 is 17.9 Å². The van der Waals surface area contributed by atoms with Crippen molar-refractivity contribution < 1.29 is 0 Å². The largest absolute Gasteiger partial charge is 0.254 e. The summed E-state index contributed by atoms with van der Waals surface area (Å²) in [6.45, 7) is 6.34. The van der Waals surface area contributed by atoms with Crippen LogP contribution in [0.2, 0.25) is 0 Å². The number of allylic oxidation sites excluding steroid dienone is 1. The maximum absolute atomic E-state index is 4.49. The highest BCUT2D eigenvalue weighted by Crippen LogP contribution is 2.23. The third-order valence-electron chi connectivity index (χ3n) is 2.00. The first-order valence-electron chi connectivity index (χ1n) is 4.45. The standard InChI is InChI=1S/C10H13N3/c1-10(2,3)9-12-7-5-4-6-11-8(7)13-9/h4-7H,1-3H3. The van der Waals surface area contributed by atoms with Gasteiger partial charge in [-0.2, -0.15) is 0 Å². The van der Waals surface area contributed by atoms with Crippen LogP contribution in [-0.2, 0) is 0 Å². The monoisotopic (exact) mass is 175 g/mol. The van der Waals surface area contributed by atoms with Crippen molar-refractivity contribution in [3.05, 3.63) is 12.2 Å². The minimum atomic E-state index is 0.0215. The molecule has 0 aromatic heterocycles. The predicted octanol–water partition coefficient (Wildman–Crippen LogP) is 1.85. The van der Waals surface area contributed by atoms with Gasteiger partial charge in [-0.1, -0.05) is 26.8 Å². The molecule has 0 spiro atoms. The second-order valence-electron chi connectivity index (χ2n) is 4.28. The topological polar surface area (TPSA) is 37.1 Å². The van der Waals surface area contributed by atoms with Crippen molar-refractivity contribution in [2.45, 2.75) is 26.8 Å². The first-order chi connectivity index (χ1) is 6.07. The van der Waals surface area contributed by atoms with Gasteiger partial charge in [0.1, 0.15) is 11.9 Å². The molecule has 0 fully saturated rings. The fourth-order valence-corrected chi connectivity index (χ4v) is 1.26. The van der Waals surface area contributed by atoms with E-state index in [0.717, 1.165) is 11.7 Å². The van der Waals surface area contributed by atoms with E-state index in [0.29, 0.717) is 0 Å². The van der Waals surface area contributed by atoms with Crippen LogP contribution in [0.15, 0.2) is 27.1 Å². The Morgan fingerprint density at radius 1 is 1.31 bits per heavy atom. The third kappa shape index (κ3) is 1.46. The van der Waals surface area contributed by atoms with Crippen molar-refractivity contribution in [2.75, 3.05) is 0 Å². The molecule has 0 saturated heterocycles. The van der Waals surface area contributed by atoms with E-state index >= 15 is 0 Å². The molecule has 2 heterocycles. The summed E-state index contributed by atoms with van der Waals surface area (Å²) in [4.78, 5) is 13.1. The molecule has 0 bridgehead atoms. The highest BCUT2D eigenvalue weighted by molar-refractivity contribution is 6.11. The molecule has 2 rings (SSSR count). The lowest BCUT2D eigenvalue weighted by Gasteiger charge is -2.14. The van der Waals surface area contributed by atoms with Crippen LogP contribution < -0.4 is 0 Å². The molecule has 68 valence electrons. The summed E-state index contributed by atoms with van der Waals surface area (Å²) in [7, 11) is 0. The zero-order valence-corrected chi connectivity index (χ0v) is 8.15. The molecule has 13 heavy (non-hydrogen) atoms. The van der Waals surface area contributed by atoms with E-state index in [2.05, 4.69) is 35.7 Å². The molecular weight excluding hydrogens is 162 g/mol. The minimum absolute atomic E-state index is 0.0215. The molecule has 0 amide bonds. The smallest absolute Gasteiger partial charge is 0.158 e. The van der Waals surface area contributed by atoms with Gasteiger partial charge in [0.05, 0.1) is 0 Å². The molecule has 0 aliphatic carbocycles. The van der Waals surface area contributed by atoms with Crippen molar-refractivity contribution in [3.8, 4) is 0 Å². The average molecular weight is 175 g/mol. The average Bonchev–Trinajstić information content (AvgIpc) is 2.45. The van der Waals surface area contributed by atoms with E-state index in [1.54, 1.807) is 6.21 Å². The summed E-state index contributed by atoms with van der Waals surface area (Å²) in [5, 5.41) is 0. The Hall–Kier alpha value is -1.25. The molecule has 2 aliphatic heterocycles. The normalized spacial score (nSPS) is 25.6. The lowest BCUT2D eigenvalue weighted by atomic mass is 9.95. The van der Waals surface area contributed by atoms with Gasteiger partial charge in [0.2, 0.25) is 0 Å². The minimum Gasteiger partial charge on any atom is -0.254 e. The van der Waals surface area contributed by atoms with Crippen LogP contribution >= 0.6 is 0 Å². The maximum atomic E-state index is 4.49. The number of aliphatic imine (C=N–C) groups is 3. The molecular formula is C10H13N3. The molecule has 0 N–H and O–H groups in total. The van der Waals surface area contributed by atoms with Gasteiger partial charge in [0, 0.05) is 11.6 Å². The van der Waals surface area contributed by atoms with Crippen LogP contribution in [0.25, 0.3) is 0 Å². The van der Waals surface area contributed by atoms with Gasteiger partial charge < -0.3 is 0 Å². The second-order valence-corrected chi connectivity index (χ2v) is 4.28. The van der Waals surface area contributed by atoms with Gasteiger partial charge in [-0.25, -0.2) is 9.98 Å². The molecule has 3 nitrogen and oxygen atoms in total. The van der Waals surface area contributed by atoms with Gasteiger partial charge >= 0.3 is 0 Å². The zero-order chi connectivity index (χ0) is 9.47. The quantitative estimate of drug-likeness (QED) is 0.539. The molecule has 1 atom stereocenters. The molecule has 0 saturated carbocycles. The van der Waals surface area contributed by atoms with Gasteiger partial charge in [0.15, 0.2) is 5.84 Å². The third-order valence-corrected chi connectivity index (χ3v) is 2.00. The molecule has 0 radical (unpaired) electrons. The predicted molar refractivity (Wildman–Crippen MR) is 55.7 cm³/mol. The van der Waals surface area contributed by atoms with E-state index in [9.17, 15) is 0 Å². The van der Waals surface area contributed by atoms with Crippen molar-refractivity contribution in [1.29, 1.82) is 0 Å². The van der Waals surface area contributed by atoms with Gasteiger partial charge in [-0.05, 0) is 6.08 Å². The fourth-order valence-electron chi connectivity index (χ4n) is 1.26.